The Morgan fingerprint density at radius 2 is 0.619 bits per heavy atom. The molecule has 0 heterocycles. The van der Waals surface area contributed by atoms with Crippen LogP contribution in [0.4, 0.5) is 0 Å². The van der Waals surface area contributed by atoms with E-state index in [-0.39, 0.29) is 68.2 Å². The first-order valence-corrected chi connectivity index (χ1v) is 6.05. The fourth-order valence-electron chi connectivity index (χ4n) is 0.365. The van der Waals surface area contributed by atoms with Crippen LogP contribution in [0.3, 0.4) is 0 Å². The fraction of sp³-hybridized carbons (Fsp3) is 1.00. The number of hydrogen-bond acceptors (Lipinski definition) is 8. The van der Waals surface area contributed by atoms with E-state index < -0.39 is 0 Å². The Morgan fingerprint density at radius 1 is 0.476 bits per heavy atom. The molecule has 4 N–H and O–H groups in total. The summed E-state index contributed by atoms with van der Waals surface area (Å²) in [4.78, 5) is 0. The zero-order valence-corrected chi connectivity index (χ0v) is 16.7. The third kappa shape index (κ3) is 93.2. The van der Waals surface area contributed by atoms with Crippen LogP contribution in [0.15, 0.2) is 0 Å². The summed E-state index contributed by atoms with van der Waals surface area (Å²) in [7, 11) is 6.21. The van der Waals surface area contributed by atoms with Crippen LogP contribution in [0.25, 0.3) is 0 Å². The van der Waals surface area contributed by atoms with Crippen molar-refractivity contribution in [3.8, 4) is 0 Å². The molecule has 0 spiro atoms. The maximum Gasteiger partial charge on any atom is 0.0693 e. The predicted octanol–water partition coefficient (Wildman–Crippen LogP) is -1.50. The fourth-order valence-corrected chi connectivity index (χ4v) is 0.365. The minimum Gasteiger partial charge on any atom is -0.394 e. The maximum atomic E-state index is 7.94. The minimum atomic E-state index is 0. The van der Waals surface area contributed by atoms with E-state index in [1.807, 2.05) is 0 Å². The van der Waals surface area contributed by atoms with Gasteiger partial charge in [-0.05, 0) is 0 Å². The van der Waals surface area contributed by atoms with Gasteiger partial charge < -0.3 is 39.4 Å². The molecule has 9 heteroatoms. The van der Waals surface area contributed by atoms with E-state index in [0.29, 0.717) is 26.4 Å². The van der Waals surface area contributed by atoms with E-state index in [1.54, 1.807) is 28.4 Å². The molecule has 0 fully saturated rings. The standard InChI is InChI=1S/4C3H8O2.Ce/c4*1-5-3-2-4;/h4*4H,2-3H2,1H3;. The van der Waals surface area contributed by atoms with Gasteiger partial charge in [0.1, 0.15) is 0 Å². The summed E-state index contributed by atoms with van der Waals surface area (Å²) in [6, 6.07) is 0. The van der Waals surface area contributed by atoms with Gasteiger partial charge in [-0.1, -0.05) is 0 Å². The second kappa shape index (κ2) is 49.7. The molecule has 0 bridgehead atoms. The molecule has 0 rings (SSSR count). The quantitative estimate of drug-likeness (QED) is 0.357. The second-order valence-electron chi connectivity index (χ2n) is 2.87. The number of aliphatic hydroxyl groups excluding tert-OH is 4. The third-order valence-electron chi connectivity index (χ3n) is 1.18. The Labute approximate surface area is 161 Å². The molecule has 0 radical (unpaired) electrons. The van der Waals surface area contributed by atoms with E-state index in [0.717, 1.165) is 0 Å². The molecule has 0 amide bonds. The number of methoxy groups -OCH3 is 4. The third-order valence-corrected chi connectivity index (χ3v) is 1.18. The topological polar surface area (TPSA) is 118 Å². The Morgan fingerprint density at radius 3 is 0.619 bits per heavy atom. The number of hydrogen-bond donors (Lipinski definition) is 4. The molecule has 21 heavy (non-hydrogen) atoms. The Hall–Kier alpha value is 1.06. The van der Waals surface area contributed by atoms with Crippen molar-refractivity contribution in [2.45, 2.75) is 0 Å². The van der Waals surface area contributed by atoms with Gasteiger partial charge in [-0.2, -0.15) is 0 Å². The summed E-state index contributed by atoms with van der Waals surface area (Å²) in [5.74, 6) is 0. The summed E-state index contributed by atoms with van der Waals surface area (Å²) in [5.41, 5.74) is 0. The van der Waals surface area contributed by atoms with Gasteiger partial charge in [-0.25, -0.2) is 0 Å². The van der Waals surface area contributed by atoms with Gasteiger partial charge in [0.05, 0.1) is 52.9 Å². The van der Waals surface area contributed by atoms with Crippen molar-refractivity contribution in [1.82, 2.24) is 0 Å². The maximum absolute atomic E-state index is 7.94. The SMILES string of the molecule is COCCO.COCCO.COCCO.COCCO.[Ce]. The van der Waals surface area contributed by atoms with Crippen LogP contribution in [-0.4, -0.2) is 102 Å². The van der Waals surface area contributed by atoms with Crippen molar-refractivity contribution in [1.29, 1.82) is 0 Å². The van der Waals surface area contributed by atoms with Crippen molar-refractivity contribution in [2.24, 2.45) is 0 Å². The summed E-state index contributed by atoms with van der Waals surface area (Å²) < 4.78 is 17.8. The van der Waals surface area contributed by atoms with Crippen LogP contribution in [0.5, 0.6) is 0 Å². The average Bonchev–Trinajstić information content (AvgIpc) is 2.44. The van der Waals surface area contributed by atoms with Crippen LogP contribution < -0.4 is 0 Å². The first-order valence-electron chi connectivity index (χ1n) is 6.05. The van der Waals surface area contributed by atoms with Gasteiger partial charge in [0.15, 0.2) is 0 Å². The largest absolute Gasteiger partial charge is 0.394 e. The average molecular weight is 444 g/mol. The molecule has 0 aliphatic rings. The van der Waals surface area contributed by atoms with E-state index >= 15 is 0 Å². The molecule has 0 aromatic heterocycles. The summed E-state index contributed by atoms with van der Waals surface area (Å²) in [6.07, 6.45) is 0. The molecule has 8 nitrogen and oxygen atoms in total. The first-order chi connectivity index (χ1) is 9.66. The van der Waals surface area contributed by atoms with Gasteiger partial charge in [-0.15, -0.1) is 0 Å². The molecule has 0 atom stereocenters. The number of ether oxygens (including phenoxy) is 4. The van der Waals surface area contributed by atoms with Crippen molar-refractivity contribution in [3.63, 3.8) is 0 Å². The molecular formula is C12H32CeO8. The van der Waals surface area contributed by atoms with Crippen molar-refractivity contribution in [2.75, 3.05) is 81.3 Å². The van der Waals surface area contributed by atoms with Gasteiger partial charge >= 0.3 is 0 Å². The van der Waals surface area contributed by atoms with E-state index in [1.165, 1.54) is 0 Å². The van der Waals surface area contributed by atoms with Crippen molar-refractivity contribution >= 4 is 0 Å². The summed E-state index contributed by atoms with van der Waals surface area (Å²) >= 11 is 0. The molecule has 0 aromatic carbocycles. The second-order valence-corrected chi connectivity index (χ2v) is 2.87. The molecule has 0 unspecified atom stereocenters. The zero-order chi connectivity index (χ0) is 16.5. The molecular weight excluding hydrogens is 412 g/mol. The summed E-state index contributed by atoms with van der Waals surface area (Å²) in [6.45, 7) is 2.26. The molecule has 0 aliphatic heterocycles. The predicted molar refractivity (Wildman–Crippen MR) is 75.8 cm³/mol. The van der Waals surface area contributed by atoms with Gasteiger partial charge in [0, 0.05) is 70.2 Å². The van der Waals surface area contributed by atoms with Crippen LogP contribution in [0.2, 0.25) is 0 Å². The van der Waals surface area contributed by atoms with Crippen LogP contribution >= 0.6 is 0 Å². The molecule has 0 aromatic rings. The van der Waals surface area contributed by atoms with Crippen LogP contribution in [0.1, 0.15) is 0 Å². The van der Waals surface area contributed by atoms with E-state index in [2.05, 4.69) is 18.9 Å². The zero-order valence-electron chi connectivity index (χ0n) is 13.6. The Balaban J connectivity index is -0.0000000533. The smallest absolute Gasteiger partial charge is 0.0693 e. The van der Waals surface area contributed by atoms with Crippen molar-refractivity contribution < 1.29 is 81.1 Å². The monoisotopic (exact) mass is 444 g/mol. The Bertz CT molecular complexity index is 79.3. The van der Waals surface area contributed by atoms with Crippen molar-refractivity contribution in [3.05, 3.63) is 0 Å². The first kappa shape index (κ1) is 33.6. The minimum absolute atomic E-state index is 0. The van der Waals surface area contributed by atoms with Gasteiger partial charge in [-0.3, -0.25) is 0 Å². The molecule has 132 valence electrons. The van der Waals surface area contributed by atoms with Crippen LogP contribution in [-0.2, 0) is 18.9 Å². The molecule has 0 saturated heterocycles. The normalized spacial score (nSPS) is 8.00. The Kier molecular flexibility index (Phi) is 79.5. The van der Waals surface area contributed by atoms with Gasteiger partial charge in [0.2, 0.25) is 0 Å². The number of aliphatic hydroxyl groups is 4. The molecule has 0 saturated carbocycles. The van der Waals surface area contributed by atoms with Gasteiger partial charge in [0.25, 0.3) is 0 Å². The summed E-state index contributed by atoms with van der Waals surface area (Å²) in [5, 5.41) is 31.8. The van der Waals surface area contributed by atoms with E-state index in [9.17, 15) is 0 Å². The molecule has 0 aliphatic carbocycles. The van der Waals surface area contributed by atoms with E-state index in [4.69, 9.17) is 20.4 Å². The van der Waals surface area contributed by atoms with Crippen LogP contribution in [0, 0.1) is 41.7 Å². The number of rotatable bonds is 8.